The second kappa shape index (κ2) is 10.1. The molecule has 1 N–H and O–H groups in total. The molecule has 1 aliphatic carbocycles. The van der Waals surface area contributed by atoms with Crippen LogP contribution in [0.1, 0.15) is 49.4 Å². The van der Waals surface area contributed by atoms with Gasteiger partial charge in [-0.15, -0.1) is 11.3 Å². The van der Waals surface area contributed by atoms with Crippen molar-refractivity contribution in [3.63, 3.8) is 0 Å². The molecule has 1 aromatic heterocycles. The molecule has 2 atom stereocenters. The molecular formula is C28H29N5O2S. The standard InChI is InChI=1S/C28H29N5O2S/c1-17(2)35-25-10-7-18(13-19(25)14-29)27-31-15-26(36-27)23-6-4-5-22-21(23)8-9-24(22)32-28(34)33-12-11-20(16-33)30-3/h4-7,10,13,15,17,20,24H,3,8-9,11-12,16H2,1-2H3,(H,32,34). The molecule has 7 nitrogen and oxygen atoms in total. The predicted molar refractivity (Wildman–Crippen MR) is 143 cm³/mol. The van der Waals surface area contributed by atoms with Gasteiger partial charge in [0.15, 0.2) is 0 Å². The van der Waals surface area contributed by atoms with Gasteiger partial charge in [-0.3, -0.25) is 4.99 Å². The van der Waals surface area contributed by atoms with E-state index in [1.54, 1.807) is 11.3 Å². The van der Waals surface area contributed by atoms with Gasteiger partial charge in [-0.25, -0.2) is 9.78 Å². The van der Waals surface area contributed by atoms with E-state index in [9.17, 15) is 10.1 Å². The maximum Gasteiger partial charge on any atom is 0.317 e. The molecule has 1 fully saturated rings. The fourth-order valence-electron chi connectivity index (χ4n) is 4.99. The average molecular weight is 500 g/mol. The number of amides is 2. The van der Waals surface area contributed by atoms with E-state index < -0.39 is 0 Å². The van der Waals surface area contributed by atoms with E-state index in [4.69, 9.17) is 4.74 Å². The molecule has 3 aromatic rings. The van der Waals surface area contributed by atoms with Crippen LogP contribution in [0.3, 0.4) is 0 Å². The average Bonchev–Trinajstić information content (AvgIpc) is 3.64. The Morgan fingerprint density at radius 1 is 1.33 bits per heavy atom. The molecule has 1 saturated heterocycles. The Kier molecular flexibility index (Phi) is 6.75. The molecule has 8 heteroatoms. The monoisotopic (exact) mass is 499 g/mol. The molecule has 36 heavy (non-hydrogen) atoms. The first-order chi connectivity index (χ1) is 17.5. The molecule has 0 radical (unpaired) electrons. The first-order valence-electron chi connectivity index (χ1n) is 12.3. The van der Waals surface area contributed by atoms with Gasteiger partial charge in [-0.05, 0) is 74.7 Å². The number of aromatic nitrogens is 1. The highest BCUT2D eigenvalue weighted by Gasteiger charge is 2.31. The Balaban J connectivity index is 1.36. The van der Waals surface area contributed by atoms with E-state index >= 15 is 0 Å². The summed E-state index contributed by atoms with van der Waals surface area (Å²) in [6, 6.07) is 14.3. The third-order valence-electron chi connectivity index (χ3n) is 6.76. The fourth-order valence-corrected chi connectivity index (χ4v) is 5.96. The normalized spacial score (nSPS) is 18.7. The van der Waals surface area contributed by atoms with Crippen molar-refractivity contribution >= 4 is 24.1 Å². The van der Waals surface area contributed by atoms with Gasteiger partial charge in [0.1, 0.15) is 16.8 Å². The minimum Gasteiger partial charge on any atom is -0.490 e. The van der Waals surface area contributed by atoms with Gasteiger partial charge in [0.05, 0.1) is 28.6 Å². The lowest BCUT2D eigenvalue weighted by Crippen LogP contribution is -2.40. The van der Waals surface area contributed by atoms with Crippen LogP contribution < -0.4 is 10.1 Å². The zero-order chi connectivity index (χ0) is 25.2. The van der Waals surface area contributed by atoms with Crippen molar-refractivity contribution in [2.75, 3.05) is 13.1 Å². The molecule has 2 aromatic carbocycles. The van der Waals surface area contributed by atoms with E-state index in [-0.39, 0.29) is 24.2 Å². The van der Waals surface area contributed by atoms with Crippen molar-refractivity contribution < 1.29 is 9.53 Å². The van der Waals surface area contributed by atoms with Gasteiger partial charge in [0.25, 0.3) is 0 Å². The highest BCUT2D eigenvalue weighted by atomic mass is 32.1. The van der Waals surface area contributed by atoms with Crippen LogP contribution >= 0.6 is 11.3 Å². The molecule has 2 unspecified atom stereocenters. The number of likely N-dealkylation sites (tertiary alicyclic amines) is 1. The van der Waals surface area contributed by atoms with Gasteiger partial charge < -0.3 is 15.0 Å². The molecule has 0 spiro atoms. The Hall–Kier alpha value is -3.70. The summed E-state index contributed by atoms with van der Waals surface area (Å²) < 4.78 is 5.75. The van der Waals surface area contributed by atoms with Crippen LogP contribution in [0.2, 0.25) is 0 Å². The summed E-state index contributed by atoms with van der Waals surface area (Å²) in [4.78, 5) is 24.5. The van der Waals surface area contributed by atoms with Crippen LogP contribution in [0.25, 0.3) is 21.0 Å². The first kappa shape index (κ1) is 24.0. The molecule has 2 aliphatic rings. The third kappa shape index (κ3) is 4.71. The number of ether oxygens (including phenoxy) is 1. The Bertz CT molecular complexity index is 1340. The van der Waals surface area contributed by atoms with E-state index in [2.05, 4.69) is 46.3 Å². The summed E-state index contributed by atoms with van der Waals surface area (Å²) in [5.74, 6) is 0.590. The maximum atomic E-state index is 12.8. The second-order valence-electron chi connectivity index (χ2n) is 9.50. The zero-order valence-corrected chi connectivity index (χ0v) is 21.3. The van der Waals surface area contributed by atoms with E-state index in [0.717, 1.165) is 46.8 Å². The predicted octanol–water partition coefficient (Wildman–Crippen LogP) is 5.61. The molecule has 1 aliphatic heterocycles. The number of carbonyl (C=O) groups is 1. The number of rotatable bonds is 6. The smallest absolute Gasteiger partial charge is 0.317 e. The van der Waals surface area contributed by atoms with Crippen LogP contribution in [0, 0.1) is 11.3 Å². The lowest BCUT2D eigenvalue weighted by Gasteiger charge is -2.21. The number of thiazole rings is 1. The van der Waals surface area contributed by atoms with Crippen molar-refractivity contribution in [3.05, 3.63) is 59.3 Å². The minimum absolute atomic E-state index is 0.000350. The van der Waals surface area contributed by atoms with Crippen molar-refractivity contribution in [1.29, 1.82) is 5.26 Å². The topological polar surface area (TPSA) is 90.6 Å². The van der Waals surface area contributed by atoms with Crippen molar-refractivity contribution in [1.82, 2.24) is 15.2 Å². The van der Waals surface area contributed by atoms with Gasteiger partial charge >= 0.3 is 6.03 Å². The number of fused-ring (bicyclic) bond motifs is 1. The highest BCUT2D eigenvalue weighted by Crippen LogP contribution is 2.41. The maximum absolute atomic E-state index is 12.8. The number of nitrogens with zero attached hydrogens (tertiary/aromatic N) is 4. The summed E-state index contributed by atoms with van der Waals surface area (Å²) in [5.41, 5.74) is 5.00. The Labute approximate surface area is 215 Å². The molecule has 184 valence electrons. The first-order valence-corrected chi connectivity index (χ1v) is 13.1. The molecule has 0 bridgehead atoms. The van der Waals surface area contributed by atoms with Gasteiger partial charge in [0.2, 0.25) is 0 Å². The summed E-state index contributed by atoms with van der Waals surface area (Å²) in [7, 11) is 0. The lowest BCUT2D eigenvalue weighted by atomic mass is 10.0. The van der Waals surface area contributed by atoms with Gasteiger partial charge in [-0.1, -0.05) is 18.2 Å². The summed E-state index contributed by atoms with van der Waals surface area (Å²) in [5, 5.41) is 13.7. The Morgan fingerprint density at radius 2 is 2.19 bits per heavy atom. The lowest BCUT2D eigenvalue weighted by molar-refractivity contribution is 0.204. The summed E-state index contributed by atoms with van der Waals surface area (Å²) in [6.45, 7) is 8.86. The SMILES string of the molecule is C=NC1CCN(C(=O)NC2CCc3c(-c4cnc(-c5ccc(OC(C)C)c(C#N)c5)s4)cccc32)C1. The minimum atomic E-state index is -0.0253. The number of nitriles is 1. The quantitative estimate of drug-likeness (QED) is 0.447. The molecule has 2 amide bonds. The number of aliphatic imine (C=N–C) groups is 1. The van der Waals surface area contributed by atoms with Crippen LogP contribution in [0.4, 0.5) is 4.79 Å². The molecule has 0 saturated carbocycles. The number of nitrogens with one attached hydrogen (secondary N) is 1. The van der Waals surface area contributed by atoms with Crippen LogP contribution in [-0.2, 0) is 6.42 Å². The molecular weight excluding hydrogens is 470 g/mol. The van der Waals surface area contributed by atoms with Crippen LogP contribution in [0.5, 0.6) is 5.75 Å². The number of benzene rings is 2. The van der Waals surface area contributed by atoms with Crippen LogP contribution in [0.15, 0.2) is 47.6 Å². The number of urea groups is 1. The van der Waals surface area contributed by atoms with E-state index in [1.807, 2.05) is 43.1 Å². The highest BCUT2D eigenvalue weighted by molar-refractivity contribution is 7.18. The van der Waals surface area contributed by atoms with Crippen LogP contribution in [-0.4, -0.2) is 47.9 Å². The summed E-state index contributed by atoms with van der Waals surface area (Å²) in [6.07, 6.45) is 4.56. The van der Waals surface area contributed by atoms with Crippen molar-refractivity contribution in [2.45, 2.75) is 51.3 Å². The number of hydrogen-bond donors (Lipinski definition) is 1. The second-order valence-corrected chi connectivity index (χ2v) is 10.5. The van der Waals surface area contributed by atoms with Gasteiger partial charge in [0, 0.05) is 24.8 Å². The fraction of sp³-hybridized carbons (Fsp3) is 0.357. The van der Waals surface area contributed by atoms with Gasteiger partial charge in [-0.2, -0.15) is 5.26 Å². The number of carbonyl (C=O) groups excluding carboxylic acids is 1. The molecule has 2 heterocycles. The third-order valence-corrected chi connectivity index (χ3v) is 7.84. The van der Waals surface area contributed by atoms with Crippen molar-refractivity contribution in [2.24, 2.45) is 4.99 Å². The Morgan fingerprint density at radius 3 is 2.94 bits per heavy atom. The number of hydrogen-bond acceptors (Lipinski definition) is 6. The summed E-state index contributed by atoms with van der Waals surface area (Å²) >= 11 is 1.61. The zero-order valence-electron chi connectivity index (χ0n) is 20.5. The van der Waals surface area contributed by atoms with Crippen molar-refractivity contribution in [3.8, 4) is 32.8 Å². The molecule has 5 rings (SSSR count). The van der Waals surface area contributed by atoms with E-state index in [1.165, 1.54) is 11.1 Å². The largest absolute Gasteiger partial charge is 0.490 e. The van der Waals surface area contributed by atoms with E-state index in [0.29, 0.717) is 17.9 Å².